The van der Waals surface area contributed by atoms with E-state index in [9.17, 15) is 4.39 Å². The zero-order valence-electron chi connectivity index (χ0n) is 10.8. The van der Waals surface area contributed by atoms with Gasteiger partial charge < -0.3 is 5.32 Å². The fourth-order valence-electron chi connectivity index (χ4n) is 2.58. The highest BCUT2D eigenvalue weighted by molar-refractivity contribution is 5.24. The van der Waals surface area contributed by atoms with Gasteiger partial charge in [0.1, 0.15) is 5.82 Å². The van der Waals surface area contributed by atoms with Crippen molar-refractivity contribution in [3.8, 4) is 0 Å². The number of hydrogen-bond acceptors (Lipinski definition) is 2. The number of pyridine rings is 1. The first-order valence-electron chi connectivity index (χ1n) is 6.75. The third-order valence-corrected chi connectivity index (χ3v) is 3.52. The highest BCUT2D eigenvalue weighted by Crippen LogP contribution is 2.21. The van der Waals surface area contributed by atoms with E-state index in [0.717, 1.165) is 29.9 Å². The first-order valence-corrected chi connectivity index (χ1v) is 6.75. The fourth-order valence-corrected chi connectivity index (χ4v) is 2.58. The van der Waals surface area contributed by atoms with Crippen molar-refractivity contribution in [2.45, 2.75) is 25.3 Å². The van der Waals surface area contributed by atoms with Gasteiger partial charge in [0.2, 0.25) is 0 Å². The van der Waals surface area contributed by atoms with Gasteiger partial charge in [0, 0.05) is 18.2 Å². The highest BCUT2D eigenvalue weighted by Gasteiger charge is 2.17. The Bertz CT molecular complexity index is 562. The van der Waals surface area contributed by atoms with Crippen LogP contribution < -0.4 is 5.32 Å². The van der Waals surface area contributed by atoms with E-state index < -0.39 is 0 Å². The molecule has 0 amide bonds. The summed E-state index contributed by atoms with van der Waals surface area (Å²) < 4.78 is 13.2. The molecule has 98 valence electrons. The molecule has 3 heteroatoms. The summed E-state index contributed by atoms with van der Waals surface area (Å²) in [5.41, 5.74) is 3.06. The molecule has 1 aromatic carbocycles. The number of nitrogens with zero attached hydrogens (tertiary/aromatic N) is 1. The molecule has 19 heavy (non-hydrogen) atoms. The first-order chi connectivity index (χ1) is 9.31. The van der Waals surface area contributed by atoms with E-state index in [1.165, 1.54) is 12.5 Å². The predicted molar refractivity (Wildman–Crippen MR) is 73.4 cm³/mol. The summed E-state index contributed by atoms with van der Waals surface area (Å²) in [5.74, 6) is -0.189. The maximum atomic E-state index is 13.2. The van der Waals surface area contributed by atoms with E-state index in [0.29, 0.717) is 12.5 Å². The second-order valence-electron chi connectivity index (χ2n) is 5.01. The van der Waals surface area contributed by atoms with E-state index >= 15 is 0 Å². The lowest BCUT2D eigenvalue weighted by Crippen LogP contribution is -2.14. The van der Waals surface area contributed by atoms with E-state index in [4.69, 9.17) is 4.98 Å². The Morgan fingerprint density at radius 2 is 2.11 bits per heavy atom. The summed E-state index contributed by atoms with van der Waals surface area (Å²) in [4.78, 5) is 4.69. The van der Waals surface area contributed by atoms with Crippen LogP contribution >= 0.6 is 0 Å². The molecule has 2 nitrogen and oxygen atoms in total. The molecule has 1 N–H and O–H groups in total. The summed E-state index contributed by atoms with van der Waals surface area (Å²) in [6.07, 6.45) is 3.04. The summed E-state index contributed by atoms with van der Waals surface area (Å²) in [6, 6.07) is 13.2. The van der Waals surface area contributed by atoms with Crippen LogP contribution in [0.3, 0.4) is 0 Å². The second-order valence-corrected chi connectivity index (χ2v) is 5.01. The molecular formula is C16H17FN2. The molecule has 0 spiro atoms. The number of rotatable bonds is 3. The maximum absolute atomic E-state index is 13.2. The molecule has 1 aliphatic heterocycles. The van der Waals surface area contributed by atoms with Gasteiger partial charge in [0.25, 0.3) is 0 Å². The standard InChI is InChI=1S/C16H17FN2/c17-13-5-1-4-12(10-13)11-14-6-2-7-16(19-14)15-8-3-9-18-15/h1-2,4-7,10,15,18H,3,8-9,11H2. The first kappa shape index (κ1) is 12.3. The smallest absolute Gasteiger partial charge is 0.123 e. The third-order valence-electron chi connectivity index (χ3n) is 3.52. The van der Waals surface area contributed by atoms with Crippen LogP contribution in [0.1, 0.15) is 35.8 Å². The minimum absolute atomic E-state index is 0.189. The average molecular weight is 256 g/mol. The summed E-state index contributed by atoms with van der Waals surface area (Å²) in [5, 5.41) is 3.45. The normalized spacial score (nSPS) is 18.7. The Hall–Kier alpha value is -1.74. The Morgan fingerprint density at radius 1 is 1.21 bits per heavy atom. The Morgan fingerprint density at radius 3 is 2.89 bits per heavy atom. The van der Waals surface area contributed by atoms with Crippen molar-refractivity contribution < 1.29 is 4.39 Å². The molecule has 2 heterocycles. The molecule has 1 fully saturated rings. The number of benzene rings is 1. The number of hydrogen-bond donors (Lipinski definition) is 1. The molecule has 1 unspecified atom stereocenters. The SMILES string of the molecule is Fc1cccc(Cc2cccc(C3CCCN3)n2)c1. The molecule has 2 aromatic rings. The van der Waals surface area contributed by atoms with Crippen molar-refractivity contribution >= 4 is 0 Å². The van der Waals surface area contributed by atoms with Gasteiger partial charge in [-0.3, -0.25) is 4.98 Å². The van der Waals surface area contributed by atoms with Gasteiger partial charge >= 0.3 is 0 Å². The second kappa shape index (κ2) is 5.49. The van der Waals surface area contributed by atoms with Crippen LogP contribution in [0.25, 0.3) is 0 Å². The molecule has 1 aromatic heterocycles. The molecular weight excluding hydrogens is 239 g/mol. The zero-order valence-corrected chi connectivity index (χ0v) is 10.8. The molecule has 0 saturated carbocycles. The van der Waals surface area contributed by atoms with Crippen molar-refractivity contribution in [3.05, 3.63) is 65.2 Å². The molecule has 1 atom stereocenters. The van der Waals surface area contributed by atoms with Gasteiger partial charge in [-0.15, -0.1) is 0 Å². The Kier molecular flexibility index (Phi) is 3.56. The Balaban J connectivity index is 1.79. The lowest BCUT2D eigenvalue weighted by Gasteiger charge is -2.11. The number of halogens is 1. The monoisotopic (exact) mass is 256 g/mol. The zero-order chi connectivity index (χ0) is 13.1. The van der Waals surface area contributed by atoms with Gasteiger partial charge in [-0.2, -0.15) is 0 Å². The van der Waals surface area contributed by atoms with E-state index in [1.54, 1.807) is 12.1 Å². The van der Waals surface area contributed by atoms with E-state index in [-0.39, 0.29) is 5.82 Å². The van der Waals surface area contributed by atoms with Crippen molar-refractivity contribution in [2.75, 3.05) is 6.54 Å². The van der Waals surface area contributed by atoms with Crippen LogP contribution in [0, 0.1) is 5.82 Å². The third kappa shape index (κ3) is 2.99. The quantitative estimate of drug-likeness (QED) is 0.912. The van der Waals surface area contributed by atoms with Crippen LogP contribution in [0.4, 0.5) is 4.39 Å². The molecule has 0 radical (unpaired) electrons. The minimum atomic E-state index is -0.189. The van der Waals surface area contributed by atoms with Crippen molar-refractivity contribution in [1.82, 2.24) is 10.3 Å². The van der Waals surface area contributed by atoms with Crippen LogP contribution in [-0.4, -0.2) is 11.5 Å². The van der Waals surface area contributed by atoms with Gasteiger partial charge in [-0.25, -0.2) is 4.39 Å². The fraction of sp³-hybridized carbons (Fsp3) is 0.312. The van der Waals surface area contributed by atoms with Gasteiger partial charge in [0.05, 0.1) is 5.69 Å². The van der Waals surface area contributed by atoms with Crippen LogP contribution in [0.15, 0.2) is 42.5 Å². The molecule has 0 aliphatic carbocycles. The molecule has 3 rings (SSSR count). The topological polar surface area (TPSA) is 24.9 Å². The molecule has 0 bridgehead atoms. The highest BCUT2D eigenvalue weighted by atomic mass is 19.1. The van der Waals surface area contributed by atoms with Gasteiger partial charge in [-0.1, -0.05) is 18.2 Å². The number of aromatic nitrogens is 1. The maximum Gasteiger partial charge on any atom is 0.123 e. The van der Waals surface area contributed by atoms with Crippen molar-refractivity contribution in [3.63, 3.8) is 0 Å². The predicted octanol–water partition coefficient (Wildman–Crippen LogP) is 3.24. The van der Waals surface area contributed by atoms with Crippen LogP contribution in [0.2, 0.25) is 0 Å². The van der Waals surface area contributed by atoms with Gasteiger partial charge in [0.15, 0.2) is 0 Å². The minimum Gasteiger partial charge on any atom is -0.309 e. The lowest BCUT2D eigenvalue weighted by atomic mass is 10.1. The number of nitrogens with one attached hydrogen (secondary N) is 1. The summed E-state index contributed by atoms with van der Waals surface area (Å²) >= 11 is 0. The summed E-state index contributed by atoms with van der Waals surface area (Å²) in [7, 11) is 0. The van der Waals surface area contributed by atoms with Crippen molar-refractivity contribution in [2.24, 2.45) is 0 Å². The van der Waals surface area contributed by atoms with E-state index in [2.05, 4.69) is 11.4 Å². The van der Waals surface area contributed by atoms with Crippen LogP contribution in [-0.2, 0) is 6.42 Å². The lowest BCUT2D eigenvalue weighted by molar-refractivity contribution is 0.622. The average Bonchev–Trinajstić information content (AvgIpc) is 2.93. The van der Waals surface area contributed by atoms with E-state index in [1.807, 2.05) is 18.2 Å². The Labute approximate surface area is 112 Å². The van der Waals surface area contributed by atoms with Crippen molar-refractivity contribution in [1.29, 1.82) is 0 Å². The van der Waals surface area contributed by atoms with Gasteiger partial charge in [-0.05, 0) is 49.2 Å². The van der Waals surface area contributed by atoms with Crippen LogP contribution in [0.5, 0.6) is 0 Å². The largest absolute Gasteiger partial charge is 0.309 e. The summed E-state index contributed by atoms with van der Waals surface area (Å²) in [6.45, 7) is 1.07. The molecule has 1 aliphatic rings. The molecule has 1 saturated heterocycles.